The van der Waals surface area contributed by atoms with Gasteiger partial charge >= 0.3 is 0 Å². The summed E-state index contributed by atoms with van der Waals surface area (Å²) in [6, 6.07) is 14.8. The molecule has 0 saturated carbocycles. The van der Waals surface area contributed by atoms with Crippen molar-refractivity contribution >= 4 is 28.3 Å². The van der Waals surface area contributed by atoms with Crippen LogP contribution in [0, 0.1) is 26.2 Å². The van der Waals surface area contributed by atoms with Gasteiger partial charge in [-0.2, -0.15) is 0 Å². The van der Waals surface area contributed by atoms with Crippen molar-refractivity contribution in [3.8, 4) is 23.7 Å². The van der Waals surface area contributed by atoms with E-state index in [4.69, 9.17) is 22.4 Å². The number of fused-ring (bicyclic) bond motifs is 1. The van der Waals surface area contributed by atoms with Crippen LogP contribution in [0.3, 0.4) is 0 Å². The quantitative estimate of drug-likeness (QED) is 0.307. The first-order valence-electron chi connectivity index (χ1n) is 9.90. The Balaban J connectivity index is 1.89. The topological polar surface area (TPSA) is 55.1 Å². The number of aromatic nitrogens is 1. The van der Waals surface area contributed by atoms with Crippen LogP contribution >= 0.6 is 11.6 Å². The number of anilines is 1. The molecule has 4 aromatic rings. The van der Waals surface area contributed by atoms with Crippen LogP contribution in [0.4, 0.5) is 5.69 Å². The molecular formula is C26H21ClN2O2. The summed E-state index contributed by atoms with van der Waals surface area (Å²) in [4.78, 5) is 17.4. The third-order valence-corrected chi connectivity index (χ3v) is 5.48. The Morgan fingerprint density at radius 2 is 1.97 bits per heavy atom. The Hall–Kier alpha value is -3.55. The lowest BCUT2D eigenvalue weighted by molar-refractivity contribution is 0.605. The molecule has 0 aliphatic heterocycles. The maximum absolute atomic E-state index is 13.3. The van der Waals surface area contributed by atoms with Crippen molar-refractivity contribution in [3.05, 3.63) is 92.4 Å². The second kappa shape index (κ2) is 8.29. The van der Waals surface area contributed by atoms with Gasteiger partial charge in [0.15, 0.2) is 5.43 Å². The molecule has 31 heavy (non-hydrogen) atoms. The summed E-state index contributed by atoms with van der Waals surface area (Å²) in [5.74, 6) is 3.16. The summed E-state index contributed by atoms with van der Waals surface area (Å²) in [6.45, 7) is 5.77. The number of nitrogens with zero attached hydrogens (tertiary/aromatic N) is 1. The molecule has 2 aromatic heterocycles. The van der Waals surface area contributed by atoms with E-state index in [9.17, 15) is 4.79 Å². The fraction of sp³-hybridized carbons (Fsp3) is 0.154. The highest BCUT2D eigenvalue weighted by Gasteiger charge is 2.19. The van der Waals surface area contributed by atoms with E-state index < -0.39 is 0 Å². The molecule has 0 amide bonds. The maximum atomic E-state index is 13.3. The molecule has 0 aliphatic rings. The van der Waals surface area contributed by atoms with Crippen molar-refractivity contribution in [1.82, 2.24) is 4.98 Å². The fourth-order valence-electron chi connectivity index (χ4n) is 3.70. The van der Waals surface area contributed by atoms with Gasteiger partial charge in [0.1, 0.15) is 16.5 Å². The highest BCUT2D eigenvalue weighted by atomic mass is 35.5. The minimum absolute atomic E-state index is 0.0485. The monoisotopic (exact) mass is 428 g/mol. The van der Waals surface area contributed by atoms with Crippen LogP contribution in [-0.4, -0.2) is 4.98 Å². The summed E-state index contributed by atoms with van der Waals surface area (Å²) in [5, 5.41) is 4.40. The zero-order chi connectivity index (χ0) is 22.1. The SMILES string of the molecule is C#Cc1cccc(-c2oc3c(C(C)Nc4ccc(Cl)nc4)cc(C)cc3c(=O)c2C)c1. The largest absolute Gasteiger partial charge is 0.455 e. The molecular weight excluding hydrogens is 408 g/mol. The number of nitrogens with one attached hydrogen (secondary N) is 1. The first kappa shape index (κ1) is 20.7. The molecule has 1 unspecified atom stereocenters. The Morgan fingerprint density at radius 3 is 2.68 bits per heavy atom. The average molecular weight is 429 g/mol. The van der Waals surface area contributed by atoms with Crippen LogP contribution in [0.1, 0.15) is 35.2 Å². The zero-order valence-corrected chi connectivity index (χ0v) is 18.2. The van der Waals surface area contributed by atoms with Crippen LogP contribution in [0.2, 0.25) is 5.15 Å². The summed E-state index contributed by atoms with van der Waals surface area (Å²) >= 11 is 5.89. The lowest BCUT2D eigenvalue weighted by Gasteiger charge is -2.18. The van der Waals surface area contributed by atoms with Crippen molar-refractivity contribution in [2.75, 3.05) is 5.32 Å². The number of aryl methyl sites for hydroxylation is 1. The molecule has 0 aliphatic carbocycles. The fourth-order valence-corrected chi connectivity index (χ4v) is 3.82. The average Bonchev–Trinajstić information content (AvgIpc) is 2.77. The van der Waals surface area contributed by atoms with Crippen LogP contribution in [0.25, 0.3) is 22.3 Å². The lowest BCUT2D eigenvalue weighted by atomic mass is 9.98. The van der Waals surface area contributed by atoms with Gasteiger partial charge in [-0.15, -0.1) is 6.42 Å². The summed E-state index contributed by atoms with van der Waals surface area (Å²) in [6.07, 6.45) is 7.23. The molecule has 2 heterocycles. The van der Waals surface area contributed by atoms with Crippen LogP contribution in [0.15, 0.2) is 63.9 Å². The van der Waals surface area contributed by atoms with Gasteiger partial charge in [0.05, 0.1) is 23.3 Å². The molecule has 0 saturated heterocycles. The molecule has 0 fully saturated rings. The van der Waals surface area contributed by atoms with E-state index in [-0.39, 0.29) is 11.5 Å². The van der Waals surface area contributed by atoms with Gasteiger partial charge in [-0.25, -0.2) is 4.98 Å². The molecule has 4 nitrogen and oxygen atoms in total. The standard InChI is InChI=1S/C26H21ClN2O2/c1-5-18-7-6-8-19(13-18)25-16(3)24(30)22-12-15(2)11-21(26(22)31-25)17(4)29-20-9-10-23(27)28-14-20/h1,6-14,17,29H,2-4H3. The third kappa shape index (κ3) is 4.05. The molecule has 4 rings (SSSR count). The number of pyridine rings is 1. The van der Waals surface area contributed by atoms with E-state index in [2.05, 4.69) is 16.2 Å². The first-order valence-corrected chi connectivity index (χ1v) is 10.3. The number of benzene rings is 2. The van der Waals surface area contributed by atoms with Crippen LogP contribution < -0.4 is 10.7 Å². The van der Waals surface area contributed by atoms with Gasteiger partial charge in [0, 0.05) is 22.3 Å². The van der Waals surface area contributed by atoms with E-state index in [1.54, 1.807) is 19.2 Å². The highest BCUT2D eigenvalue weighted by molar-refractivity contribution is 6.29. The van der Waals surface area contributed by atoms with E-state index >= 15 is 0 Å². The summed E-state index contributed by atoms with van der Waals surface area (Å²) < 4.78 is 6.38. The predicted octanol–water partition coefficient (Wildman–Crippen LogP) is 6.28. The van der Waals surface area contributed by atoms with Crippen LogP contribution in [0.5, 0.6) is 0 Å². The molecule has 0 bridgehead atoms. The third-order valence-electron chi connectivity index (χ3n) is 5.26. The normalized spacial score (nSPS) is 11.8. The van der Waals surface area contributed by atoms with E-state index in [0.717, 1.165) is 27.9 Å². The molecule has 0 spiro atoms. The van der Waals surface area contributed by atoms with Gasteiger partial charge in [-0.3, -0.25) is 4.79 Å². The zero-order valence-electron chi connectivity index (χ0n) is 17.5. The van der Waals surface area contributed by atoms with Gasteiger partial charge in [-0.1, -0.05) is 35.7 Å². The van der Waals surface area contributed by atoms with E-state index in [0.29, 0.717) is 27.4 Å². The number of halogens is 1. The lowest BCUT2D eigenvalue weighted by Crippen LogP contribution is -2.12. The number of hydrogen-bond acceptors (Lipinski definition) is 4. The molecule has 0 radical (unpaired) electrons. The van der Waals surface area contributed by atoms with Crippen molar-refractivity contribution in [3.63, 3.8) is 0 Å². The Labute approximate surface area is 185 Å². The van der Waals surface area contributed by atoms with Crippen molar-refractivity contribution in [2.45, 2.75) is 26.8 Å². The Kier molecular flexibility index (Phi) is 5.54. The minimum atomic E-state index is -0.138. The van der Waals surface area contributed by atoms with Crippen molar-refractivity contribution in [1.29, 1.82) is 0 Å². The smallest absolute Gasteiger partial charge is 0.196 e. The van der Waals surface area contributed by atoms with Gasteiger partial charge in [-0.05, 0) is 56.7 Å². The highest BCUT2D eigenvalue weighted by Crippen LogP contribution is 2.32. The summed E-state index contributed by atoms with van der Waals surface area (Å²) in [7, 11) is 0. The molecule has 1 atom stereocenters. The molecule has 2 aromatic carbocycles. The van der Waals surface area contributed by atoms with Gasteiger partial charge < -0.3 is 9.73 Å². The minimum Gasteiger partial charge on any atom is -0.455 e. The number of hydrogen-bond donors (Lipinski definition) is 1. The van der Waals surface area contributed by atoms with Crippen molar-refractivity contribution in [2.24, 2.45) is 0 Å². The maximum Gasteiger partial charge on any atom is 0.196 e. The molecule has 5 heteroatoms. The van der Waals surface area contributed by atoms with E-state index in [1.165, 1.54) is 0 Å². The van der Waals surface area contributed by atoms with Gasteiger partial charge in [0.2, 0.25) is 0 Å². The van der Waals surface area contributed by atoms with E-state index in [1.807, 2.05) is 56.3 Å². The van der Waals surface area contributed by atoms with Gasteiger partial charge in [0.25, 0.3) is 0 Å². The molecule has 1 N–H and O–H groups in total. The second-order valence-corrected chi connectivity index (χ2v) is 7.96. The molecule has 154 valence electrons. The summed E-state index contributed by atoms with van der Waals surface area (Å²) in [5.41, 5.74) is 5.27. The second-order valence-electron chi connectivity index (χ2n) is 7.58. The number of rotatable bonds is 4. The first-order chi connectivity index (χ1) is 14.9. The van der Waals surface area contributed by atoms with Crippen LogP contribution in [-0.2, 0) is 0 Å². The Morgan fingerprint density at radius 1 is 1.16 bits per heavy atom. The van der Waals surface area contributed by atoms with Crippen molar-refractivity contribution < 1.29 is 4.42 Å². The Bertz CT molecular complexity index is 1380. The number of terminal acetylenes is 1. The predicted molar refractivity (Wildman–Crippen MR) is 127 cm³/mol.